The number of anilines is 1. The van der Waals surface area contributed by atoms with Gasteiger partial charge in [-0.2, -0.15) is 5.10 Å². The van der Waals surface area contributed by atoms with E-state index >= 15 is 0 Å². The fraction of sp³-hybridized carbons (Fsp3) is 0.286. The Morgan fingerprint density at radius 2 is 1.78 bits per heavy atom. The van der Waals surface area contributed by atoms with Gasteiger partial charge in [-0.15, -0.1) is 0 Å². The van der Waals surface area contributed by atoms with Crippen LogP contribution in [0.3, 0.4) is 0 Å². The lowest BCUT2D eigenvalue weighted by molar-refractivity contribution is -0.121. The maximum atomic E-state index is 12.3. The van der Waals surface area contributed by atoms with Crippen LogP contribution in [0.1, 0.15) is 55.5 Å². The van der Waals surface area contributed by atoms with Gasteiger partial charge in [0, 0.05) is 22.7 Å². The summed E-state index contributed by atoms with van der Waals surface area (Å²) in [4.78, 5) is 24.1. The molecule has 0 bridgehead atoms. The van der Waals surface area contributed by atoms with Crippen LogP contribution in [-0.2, 0) is 4.79 Å². The van der Waals surface area contributed by atoms with E-state index in [0.717, 1.165) is 24.8 Å². The molecular formula is C21H24ClN3O2. The summed E-state index contributed by atoms with van der Waals surface area (Å²) < 4.78 is 0. The van der Waals surface area contributed by atoms with E-state index in [2.05, 4.69) is 22.8 Å². The molecule has 0 aliphatic rings. The van der Waals surface area contributed by atoms with Crippen LogP contribution in [0.4, 0.5) is 5.69 Å². The van der Waals surface area contributed by atoms with Gasteiger partial charge < -0.3 is 5.32 Å². The summed E-state index contributed by atoms with van der Waals surface area (Å²) in [7, 11) is 0. The molecule has 2 aromatic carbocycles. The van der Waals surface area contributed by atoms with Gasteiger partial charge in [0.2, 0.25) is 5.91 Å². The summed E-state index contributed by atoms with van der Waals surface area (Å²) >= 11 is 5.84. The summed E-state index contributed by atoms with van der Waals surface area (Å²) in [6, 6.07) is 14.0. The number of hydrogen-bond acceptors (Lipinski definition) is 3. The summed E-state index contributed by atoms with van der Waals surface area (Å²) in [6.07, 6.45) is 3.44. The van der Waals surface area contributed by atoms with Crippen molar-refractivity contribution in [3.05, 3.63) is 64.7 Å². The topological polar surface area (TPSA) is 70.6 Å². The highest BCUT2D eigenvalue weighted by Gasteiger charge is 2.07. The number of nitrogens with zero attached hydrogens (tertiary/aromatic N) is 1. The van der Waals surface area contributed by atoms with E-state index in [1.54, 1.807) is 30.3 Å². The number of halogens is 1. The van der Waals surface area contributed by atoms with Gasteiger partial charge >= 0.3 is 0 Å². The van der Waals surface area contributed by atoms with Gasteiger partial charge in [-0.1, -0.05) is 43.5 Å². The smallest absolute Gasteiger partial charge is 0.255 e. The second kappa shape index (κ2) is 10.5. The molecule has 0 heterocycles. The SMILES string of the molecule is CCCCCC(=O)NN=C(C)c1cccc(NC(=O)c2ccc(Cl)cc2)c1. The van der Waals surface area contributed by atoms with E-state index in [1.165, 1.54) is 0 Å². The fourth-order valence-electron chi connectivity index (χ4n) is 2.43. The van der Waals surface area contributed by atoms with Crippen LogP contribution in [0.25, 0.3) is 0 Å². The molecule has 2 rings (SSSR count). The third-order valence-electron chi connectivity index (χ3n) is 4.00. The summed E-state index contributed by atoms with van der Waals surface area (Å²) in [6.45, 7) is 3.91. The molecule has 0 saturated carbocycles. The third-order valence-corrected chi connectivity index (χ3v) is 4.25. The van der Waals surface area contributed by atoms with Crippen molar-refractivity contribution in [3.63, 3.8) is 0 Å². The van der Waals surface area contributed by atoms with E-state index in [4.69, 9.17) is 11.6 Å². The number of nitrogens with one attached hydrogen (secondary N) is 2. The first kappa shape index (κ1) is 20.6. The van der Waals surface area contributed by atoms with Crippen molar-refractivity contribution in [1.29, 1.82) is 0 Å². The molecular weight excluding hydrogens is 362 g/mol. The highest BCUT2D eigenvalue weighted by Crippen LogP contribution is 2.15. The molecule has 0 fully saturated rings. The molecule has 0 saturated heterocycles. The minimum atomic E-state index is -0.220. The number of carbonyl (C=O) groups is 2. The van der Waals surface area contributed by atoms with Gasteiger partial charge in [-0.25, -0.2) is 5.43 Å². The van der Waals surface area contributed by atoms with Crippen molar-refractivity contribution >= 4 is 34.8 Å². The predicted octanol–water partition coefficient (Wildman–Crippen LogP) is 5.01. The molecule has 5 nitrogen and oxygen atoms in total. The van der Waals surface area contributed by atoms with E-state index in [1.807, 2.05) is 25.1 Å². The van der Waals surface area contributed by atoms with Crippen molar-refractivity contribution < 1.29 is 9.59 Å². The van der Waals surface area contributed by atoms with Crippen LogP contribution in [0.2, 0.25) is 5.02 Å². The van der Waals surface area contributed by atoms with Crippen LogP contribution < -0.4 is 10.7 Å². The van der Waals surface area contributed by atoms with Gasteiger partial charge in [0.15, 0.2) is 0 Å². The molecule has 0 aliphatic heterocycles. The minimum absolute atomic E-state index is 0.0880. The quantitative estimate of drug-likeness (QED) is 0.381. The Hall–Kier alpha value is -2.66. The van der Waals surface area contributed by atoms with Gasteiger partial charge in [-0.05, 0) is 55.3 Å². The average molecular weight is 386 g/mol. The number of carbonyl (C=O) groups excluding carboxylic acids is 2. The van der Waals surface area contributed by atoms with Crippen LogP contribution in [-0.4, -0.2) is 17.5 Å². The van der Waals surface area contributed by atoms with Gasteiger partial charge in [0.1, 0.15) is 0 Å². The maximum absolute atomic E-state index is 12.3. The zero-order chi connectivity index (χ0) is 19.6. The molecule has 0 atom stereocenters. The number of hydrazone groups is 1. The first-order valence-corrected chi connectivity index (χ1v) is 9.38. The van der Waals surface area contributed by atoms with Gasteiger partial charge in [0.05, 0.1) is 5.71 Å². The molecule has 142 valence electrons. The molecule has 0 unspecified atom stereocenters. The molecule has 0 aliphatic carbocycles. The van der Waals surface area contributed by atoms with E-state index < -0.39 is 0 Å². The van der Waals surface area contributed by atoms with E-state index in [0.29, 0.717) is 28.4 Å². The zero-order valence-corrected chi connectivity index (χ0v) is 16.3. The Morgan fingerprint density at radius 3 is 2.48 bits per heavy atom. The highest BCUT2D eigenvalue weighted by molar-refractivity contribution is 6.30. The third kappa shape index (κ3) is 6.87. The second-order valence-corrected chi connectivity index (χ2v) is 6.67. The van der Waals surface area contributed by atoms with Crippen molar-refractivity contribution in [2.45, 2.75) is 39.5 Å². The average Bonchev–Trinajstić information content (AvgIpc) is 2.67. The van der Waals surface area contributed by atoms with E-state index in [-0.39, 0.29) is 11.8 Å². The lowest BCUT2D eigenvalue weighted by Crippen LogP contribution is -2.19. The van der Waals surface area contributed by atoms with Crippen LogP contribution in [0.5, 0.6) is 0 Å². The molecule has 2 amide bonds. The standard InChI is InChI=1S/C21H24ClN3O2/c1-3-4-5-9-20(26)25-24-15(2)17-7-6-8-19(14-17)23-21(27)16-10-12-18(22)13-11-16/h6-8,10-14H,3-5,9H2,1-2H3,(H,23,27)(H,25,26). The lowest BCUT2D eigenvalue weighted by atomic mass is 10.1. The molecule has 0 radical (unpaired) electrons. The minimum Gasteiger partial charge on any atom is -0.322 e. The fourth-order valence-corrected chi connectivity index (χ4v) is 2.55. The Labute approximate surface area is 164 Å². The number of amides is 2. The molecule has 2 N–H and O–H groups in total. The number of hydrogen-bond donors (Lipinski definition) is 2. The Kier molecular flexibility index (Phi) is 8.01. The summed E-state index contributed by atoms with van der Waals surface area (Å²) in [5.41, 5.74) is 5.24. The Balaban J connectivity index is 1.99. The number of rotatable bonds is 8. The van der Waals surface area contributed by atoms with Crippen LogP contribution >= 0.6 is 11.6 Å². The maximum Gasteiger partial charge on any atom is 0.255 e. The first-order chi connectivity index (χ1) is 13.0. The Morgan fingerprint density at radius 1 is 1.04 bits per heavy atom. The van der Waals surface area contributed by atoms with Crippen LogP contribution in [0, 0.1) is 0 Å². The molecule has 6 heteroatoms. The highest BCUT2D eigenvalue weighted by atomic mass is 35.5. The first-order valence-electron chi connectivity index (χ1n) is 9.00. The number of unbranched alkanes of at least 4 members (excludes halogenated alkanes) is 2. The van der Waals surface area contributed by atoms with Crippen molar-refractivity contribution in [2.24, 2.45) is 5.10 Å². The van der Waals surface area contributed by atoms with Gasteiger partial charge in [-0.3, -0.25) is 9.59 Å². The van der Waals surface area contributed by atoms with Gasteiger partial charge in [0.25, 0.3) is 5.91 Å². The molecule has 0 spiro atoms. The van der Waals surface area contributed by atoms with E-state index in [9.17, 15) is 9.59 Å². The zero-order valence-electron chi connectivity index (χ0n) is 15.6. The van der Waals surface area contributed by atoms with Crippen molar-refractivity contribution in [2.75, 3.05) is 5.32 Å². The summed E-state index contributed by atoms with van der Waals surface area (Å²) in [5, 5.41) is 7.58. The largest absolute Gasteiger partial charge is 0.322 e. The molecule has 2 aromatic rings. The van der Waals surface area contributed by atoms with Crippen molar-refractivity contribution in [3.8, 4) is 0 Å². The molecule has 0 aromatic heterocycles. The normalized spacial score (nSPS) is 11.1. The van der Waals surface area contributed by atoms with Crippen molar-refractivity contribution in [1.82, 2.24) is 5.43 Å². The predicted molar refractivity (Wildman–Crippen MR) is 110 cm³/mol. The second-order valence-electron chi connectivity index (χ2n) is 6.23. The van der Waals surface area contributed by atoms with Crippen LogP contribution in [0.15, 0.2) is 53.6 Å². The number of benzene rings is 2. The molecule has 27 heavy (non-hydrogen) atoms. The summed E-state index contributed by atoms with van der Waals surface area (Å²) in [5.74, 6) is -0.308. The lowest BCUT2D eigenvalue weighted by Gasteiger charge is -2.08. The monoisotopic (exact) mass is 385 g/mol. The Bertz CT molecular complexity index is 816.